The number of halogens is 1. The molecule has 3 rings (SSSR count). The highest BCUT2D eigenvalue weighted by Crippen LogP contribution is 2.25. The van der Waals surface area contributed by atoms with Gasteiger partial charge in [-0.3, -0.25) is 0 Å². The van der Waals surface area contributed by atoms with Crippen LogP contribution in [-0.4, -0.2) is 51.9 Å². The van der Waals surface area contributed by atoms with Gasteiger partial charge in [-0.2, -0.15) is 0 Å². The van der Waals surface area contributed by atoms with Gasteiger partial charge in [0.15, 0.2) is 6.36 Å². The van der Waals surface area contributed by atoms with Crippen molar-refractivity contribution >= 4 is 16.6 Å². The second-order valence-corrected chi connectivity index (χ2v) is 6.87. The van der Waals surface area contributed by atoms with Crippen LogP contribution in [0.15, 0.2) is 54.6 Å². The van der Waals surface area contributed by atoms with Crippen LogP contribution in [0.5, 0.6) is 5.75 Å². The molecule has 0 aliphatic heterocycles. The molecule has 29 heavy (non-hydrogen) atoms. The summed E-state index contributed by atoms with van der Waals surface area (Å²) in [5, 5.41) is 1.02. The van der Waals surface area contributed by atoms with Crippen LogP contribution in [0.2, 0.25) is 0 Å². The molecule has 0 saturated heterocycles. The lowest BCUT2D eigenvalue weighted by atomic mass is 10.1. The molecule has 0 radical (unpaired) electrons. The molecule has 5 nitrogen and oxygen atoms in total. The Bertz CT molecular complexity index is 914. The average Bonchev–Trinajstić information content (AvgIpc) is 2.72. The molecule has 0 fully saturated rings. The van der Waals surface area contributed by atoms with E-state index in [9.17, 15) is 4.39 Å². The molecule has 1 unspecified atom stereocenters. The first-order chi connectivity index (χ1) is 14.0. The Balaban J connectivity index is 1.56. The number of hydrogen-bond acceptors (Lipinski definition) is 5. The van der Waals surface area contributed by atoms with Gasteiger partial charge in [0.2, 0.25) is 0 Å². The fraction of sp³-hybridized carbons (Fsp3) is 0.348. The van der Waals surface area contributed by atoms with Crippen molar-refractivity contribution in [2.45, 2.75) is 13.3 Å². The topological polar surface area (TPSA) is 43.8 Å². The molecular weight excluding hydrogens is 371 g/mol. The van der Waals surface area contributed by atoms with Crippen LogP contribution in [0.25, 0.3) is 22.2 Å². The molecule has 6 heteroatoms. The predicted octanol–water partition coefficient (Wildman–Crippen LogP) is 4.70. The van der Waals surface area contributed by atoms with Gasteiger partial charge in [-0.1, -0.05) is 18.2 Å². The minimum atomic E-state index is -1.26. The summed E-state index contributed by atoms with van der Waals surface area (Å²) in [4.78, 5) is 6.84. The van der Waals surface area contributed by atoms with Gasteiger partial charge in [-0.05, 0) is 43.3 Å². The molecule has 154 valence electrons. The van der Waals surface area contributed by atoms with Gasteiger partial charge in [0.1, 0.15) is 12.4 Å². The maximum atomic E-state index is 12.5. The fourth-order valence-corrected chi connectivity index (χ4v) is 2.87. The van der Waals surface area contributed by atoms with E-state index in [1.807, 2.05) is 38.4 Å². The van der Waals surface area contributed by atoms with Gasteiger partial charge in [-0.15, -0.1) is 0 Å². The minimum Gasteiger partial charge on any atom is -0.491 e. The van der Waals surface area contributed by atoms with Crippen LogP contribution in [0.3, 0.4) is 0 Å². The van der Waals surface area contributed by atoms with Crippen molar-refractivity contribution in [2.24, 2.45) is 0 Å². The first kappa shape index (κ1) is 21.0. The van der Waals surface area contributed by atoms with E-state index in [-0.39, 0.29) is 6.61 Å². The van der Waals surface area contributed by atoms with E-state index < -0.39 is 6.36 Å². The van der Waals surface area contributed by atoms with E-state index in [0.717, 1.165) is 33.6 Å². The average molecular weight is 398 g/mol. The Kier molecular flexibility index (Phi) is 7.38. The number of alkyl halides is 1. The molecule has 1 aromatic heterocycles. The van der Waals surface area contributed by atoms with E-state index in [4.69, 9.17) is 19.2 Å². The van der Waals surface area contributed by atoms with Crippen LogP contribution in [-0.2, 0) is 9.47 Å². The maximum absolute atomic E-state index is 12.5. The van der Waals surface area contributed by atoms with E-state index in [1.165, 1.54) is 6.92 Å². The molecule has 0 spiro atoms. The molecule has 0 bridgehead atoms. The quantitative estimate of drug-likeness (QED) is 0.464. The zero-order chi connectivity index (χ0) is 20.6. The van der Waals surface area contributed by atoms with Crippen LogP contribution in [0, 0.1) is 0 Å². The monoisotopic (exact) mass is 398 g/mol. The Morgan fingerprint density at radius 2 is 1.69 bits per heavy atom. The summed E-state index contributed by atoms with van der Waals surface area (Å²) in [6.45, 7) is 2.77. The van der Waals surface area contributed by atoms with E-state index in [1.54, 1.807) is 0 Å². The van der Waals surface area contributed by atoms with Crippen molar-refractivity contribution in [3.05, 3.63) is 54.6 Å². The maximum Gasteiger partial charge on any atom is 0.195 e. The summed E-state index contributed by atoms with van der Waals surface area (Å²) in [5.41, 5.74) is 4.10. The van der Waals surface area contributed by atoms with E-state index in [0.29, 0.717) is 19.8 Å². The molecule has 3 aromatic rings. The highest BCUT2D eigenvalue weighted by atomic mass is 19.1. The summed E-state index contributed by atoms with van der Waals surface area (Å²) >= 11 is 0. The van der Waals surface area contributed by atoms with Crippen LogP contribution >= 0.6 is 0 Å². The largest absolute Gasteiger partial charge is 0.491 e. The number of nitrogens with zero attached hydrogens (tertiary/aromatic N) is 2. The Morgan fingerprint density at radius 1 is 0.931 bits per heavy atom. The number of benzene rings is 2. The predicted molar refractivity (Wildman–Crippen MR) is 114 cm³/mol. The molecule has 0 N–H and O–H groups in total. The van der Waals surface area contributed by atoms with Gasteiger partial charge in [0, 0.05) is 30.7 Å². The third-order valence-corrected chi connectivity index (χ3v) is 4.41. The van der Waals surface area contributed by atoms with Crippen molar-refractivity contribution in [1.29, 1.82) is 0 Å². The standard InChI is InChI=1S/C23H27FN2O3/c1-17(24)28-14-12-27-13-15-29-21-9-11-23-19(16-21)6-10-22(25-23)18-4-7-20(8-5-18)26(2)3/h4-11,16-17H,12-15H2,1-3H3. The molecule has 1 atom stereocenters. The molecule has 0 aliphatic carbocycles. The van der Waals surface area contributed by atoms with E-state index in [2.05, 4.69) is 35.2 Å². The van der Waals surface area contributed by atoms with Gasteiger partial charge >= 0.3 is 0 Å². The van der Waals surface area contributed by atoms with Gasteiger partial charge in [-0.25, -0.2) is 9.37 Å². The summed E-state index contributed by atoms with van der Waals surface area (Å²) in [5.74, 6) is 0.764. The summed E-state index contributed by atoms with van der Waals surface area (Å²) in [7, 11) is 4.05. The first-order valence-corrected chi connectivity index (χ1v) is 9.68. The molecule has 2 aromatic carbocycles. The lowest BCUT2D eigenvalue weighted by Crippen LogP contribution is -2.12. The first-order valence-electron chi connectivity index (χ1n) is 9.68. The molecule has 0 saturated carbocycles. The number of aromatic nitrogens is 1. The van der Waals surface area contributed by atoms with Crippen LogP contribution < -0.4 is 9.64 Å². The lowest BCUT2D eigenvalue weighted by molar-refractivity contribution is -0.0513. The summed E-state index contributed by atoms with van der Waals surface area (Å²) in [6, 6.07) is 18.2. The Morgan fingerprint density at radius 3 is 2.41 bits per heavy atom. The molecular formula is C23H27FN2O3. The molecule has 1 heterocycles. The van der Waals surface area contributed by atoms with Crippen molar-refractivity contribution in [2.75, 3.05) is 45.4 Å². The summed E-state index contributed by atoms with van der Waals surface area (Å²) < 4.78 is 28.3. The second-order valence-electron chi connectivity index (χ2n) is 6.87. The van der Waals surface area contributed by atoms with Crippen molar-refractivity contribution in [3.8, 4) is 17.0 Å². The minimum absolute atomic E-state index is 0.236. The van der Waals surface area contributed by atoms with Crippen molar-refractivity contribution in [3.63, 3.8) is 0 Å². The smallest absolute Gasteiger partial charge is 0.195 e. The van der Waals surface area contributed by atoms with E-state index >= 15 is 0 Å². The lowest BCUT2D eigenvalue weighted by Gasteiger charge is -2.13. The highest BCUT2D eigenvalue weighted by Gasteiger charge is 2.04. The van der Waals surface area contributed by atoms with Crippen molar-refractivity contribution < 1.29 is 18.6 Å². The summed E-state index contributed by atoms with van der Waals surface area (Å²) in [6.07, 6.45) is -1.26. The number of pyridine rings is 1. The molecule has 0 aliphatic rings. The van der Waals surface area contributed by atoms with Crippen LogP contribution in [0.1, 0.15) is 6.92 Å². The Labute approximate surface area is 171 Å². The zero-order valence-corrected chi connectivity index (χ0v) is 17.1. The number of fused-ring (bicyclic) bond motifs is 1. The normalized spacial score (nSPS) is 12.1. The molecule has 0 amide bonds. The van der Waals surface area contributed by atoms with Gasteiger partial charge in [0.05, 0.1) is 31.0 Å². The van der Waals surface area contributed by atoms with Crippen molar-refractivity contribution in [1.82, 2.24) is 4.98 Å². The number of rotatable bonds is 10. The van der Waals surface area contributed by atoms with Gasteiger partial charge in [0.25, 0.3) is 0 Å². The SMILES string of the molecule is CC(F)OCCOCCOc1ccc2nc(-c3ccc(N(C)C)cc3)ccc2c1. The number of ether oxygens (including phenoxy) is 3. The van der Waals surface area contributed by atoms with Crippen LogP contribution in [0.4, 0.5) is 10.1 Å². The highest BCUT2D eigenvalue weighted by molar-refractivity contribution is 5.83. The number of hydrogen-bond donors (Lipinski definition) is 0. The second kappa shape index (κ2) is 10.2. The Hall–Kier alpha value is -2.70. The fourth-order valence-electron chi connectivity index (χ4n) is 2.87. The third-order valence-electron chi connectivity index (χ3n) is 4.41. The number of anilines is 1. The third kappa shape index (κ3) is 6.14. The zero-order valence-electron chi connectivity index (χ0n) is 17.1. The van der Waals surface area contributed by atoms with Gasteiger partial charge < -0.3 is 19.1 Å².